The molecule has 0 saturated heterocycles. The molecule has 3 heterocycles. The fraction of sp³-hybridized carbons (Fsp3) is 0.286. The molecule has 3 aromatic heterocycles. The molecule has 0 saturated carbocycles. The van der Waals surface area contributed by atoms with Gasteiger partial charge in [-0.25, -0.2) is 19.6 Å². The lowest BCUT2D eigenvalue weighted by molar-refractivity contribution is 0.644. The first kappa shape index (κ1) is 13.3. The average molecular weight is 283 g/mol. The molecule has 0 aliphatic carbocycles. The smallest absolute Gasteiger partial charge is 0.155 e. The first-order valence-electron chi connectivity index (χ1n) is 6.91. The molecule has 7 nitrogen and oxygen atoms in total. The summed E-state index contributed by atoms with van der Waals surface area (Å²) in [4.78, 5) is 12.6. The predicted octanol–water partition coefficient (Wildman–Crippen LogP) is 1.88. The molecule has 3 aromatic rings. The van der Waals surface area contributed by atoms with Crippen LogP contribution < -0.4 is 5.32 Å². The van der Waals surface area contributed by atoms with Gasteiger partial charge in [0.1, 0.15) is 18.5 Å². The molecular weight excluding hydrogens is 266 g/mol. The molecule has 7 heteroatoms. The highest BCUT2D eigenvalue weighted by Gasteiger charge is 2.03. The van der Waals surface area contributed by atoms with E-state index in [4.69, 9.17) is 0 Å². The van der Waals surface area contributed by atoms with Gasteiger partial charge in [-0.1, -0.05) is 6.92 Å². The second kappa shape index (κ2) is 6.17. The molecule has 1 N–H and O–H groups in total. The third-order valence-electron chi connectivity index (χ3n) is 3.12. The number of rotatable bonds is 6. The molecule has 21 heavy (non-hydrogen) atoms. The van der Waals surface area contributed by atoms with Gasteiger partial charge >= 0.3 is 0 Å². The third kappa shape index (κ3) is 3.07. The minimum absolute atomic E-state index is 0.678. The second-order valence-corrected chi connectivity index (χ2v) is 4.64. The summed E-state index contributed by atoms with van der Waals surface area (Å²) in [6, 6.07) is 3.87. The van der Waals surface area contributed by atoms with Gasteiger partial charge in [-0.15, -0.1) is 0 Å². The normalized spacial score (nSPS) is 10.7. The number of pyridine rings is 1. The molecule has 0 aliphatic heterocycles. The van der Waals surface area contributed by atoms with Crippen LogP contribution in [0.15, 0.2) is 43.4 Å². The number of aryl methyl sites for hydroxylation is 1. The van der Waals surface area contributed by atoms with E-state index < -0.39 is 0 Å². The maximum Gasteiger partial charge on any atom is 0.155 e. The molecule has 0 atom stereocenters. The molecule has 0 radical (unpaired) electrons. The third-order valence-corrected chi connectivity index (χ3v) is 3.12. The Kier molecular flexibility index (Phi) is 3.90. The van der Waals surface area contributed by atoms with Gasteiger partial charge in [0.2, 0.25) is 0 Å². The standard InChI is InChI=1S/C14H17N7/c1-2-6-20-7-5-16-14(20)9-17-12-3-4-13(18-8-12)21-11-15-10-19-21/h3-5,7-8,10-11,17H,2,6,9H2,1H3. The maximum atomic E-state index is 4.37. The highest BCUT2D eigenvalue weighted by Crippen LogP contribution is 2.10. The minimum Gasteiger partial charge on any atom is -0.377 e. The first-order valence-corrected chi connectivity index (χ1v) is 6.91. The first-order chi connectivity index (χ1) is 10.4. The summed E-state index contributed by atoms with van der Waals surface area (Å²) < 4.78 is 3.78. The van der Waals surface area contributed by atoms with Gasteiger partial charge in [0.15, 0.2) is 5.82 Å². The molecule has 0 fully saturated rings. The predicted molar refractivity (Wildman–Crippen MR) is 79.0 cm³/mol. The summed E-state index contributed by atoms with van der Waals surface area (Å²) in [6.07, 6.45) is 9.82. The molecule has 0 bridgehead atoms. The van der Waals surface area contributed by atoms with Crippen molar-refractivity contribution in [3.8, 4) is 5.82 Å². The molecule has 0 amide bonds. The Morgan fingerprint density at radius 1 is 1.24 bits per heavy atom. The quantitative estimate of drug-likeness (QED) is 0.747. The molecule has 3 rings (SSSR count). The SMILES string of the molecule is CCCn1ccnc1CNc1ccc(-n2cncn2)nc1. The van der Waals surface area contributed by atoms with Crippen molar-refractivity contribution in [2.75, 3.05) is 5.32 Å². The Morgan fingerprint density at radius 2 is 2.19 bits per heavy atom. The van der Waals surface area contributed by atoms with Crippen LogP contribution in [0.5, 0.6) is 0 Å². The summed E-state index contributed by atoms with van der Waals surface area (Å²) in [5.41, 5.74) is 0.949. The highest BCUT2D eigenvalue weighted by molar-refractivity contribution is 5.43. The fourth-order valence-electron chi connectivity index (χ4n) is 2.09. The zero-order valence-electron chi connectivity index (χ0n) is 11.8. The van der Waals surface area contributed by atoms with Crippen LogP contribution in [0, 0.1) is 0 Å². The summed E-state index contributed by atoms with van der Waals surface area (Å²) in [7, 11) is 0. The van der Waals surface area contributed by atoms with E-state index >= 15 is 0 Å². The van der Waals surface area contributed by atoms with Crippen molar-refractivity contribution in [1.82, 2.24) is 29.3 Å². The van der Waals surface area contributed by atoms with E-state index in [9.17, 15) is 0 Å². The summed E-state index contributed by atoms with van der Waals surface area (Å²) in [6.45, 7) is 3.82. The Morgan fingerprint density at radius 3 is 2.90 bits per heavy atom. The Hall–Kier alpha value is -2.70. The summed E-state index contributed by atoms with van der Waals surface area (Å²) >= 11 is 0. The van der Waals surface area contributed by atoms with Crippen LogP contribution >= 0.6 is 0 Å². The lowest BCUT2D eigenvalue weighted by Crippen LogP contribution is -2.08. The molecule has 108 valence electrons. The van der Waals surface area contributed by atoms with E-state index in [-0.39, 0.29) is 0 Å². The van der Waals surface area contributed by atoms with E-state index in [2.05, 4.69) is 36.9 Å². The van der Waals surface area contributed by atoms with Crippen LogP contribution in [0.3, 0.4) is 0 Å². The number of nitrogens with one attached hydrogen (secondary N) is 1. The molecular formula is C14H17N7. The van der Waals surface area contributed by atoms with Gasteiger partial charge in [0.25, 0.3) is 0 Å². The van der Waals surface area contributed by atoms with Gasteiger partial charge in [0, 0.05) is 18.9 Å². The molecule has 0 spiro atoms. The summed E-state index contributed by atoms with van der Waals surface area (Å²) in [5.74, 6) is 1.77. The Labute approximate surface area is 122 Å². The van der Waals surface area contributed by atoms with Crippen molar-refractivity contribution in [3.63, 3.8) is 0 Å². The van der Waals surface area contributed by atoms with Gasteiger partial charge in [-0.3, -0.25) is 0 Å². The van der Waals surface area contributed by atoms with Crippen molar-refractivity contribution in [2.45, 2.75) is 26.4 Å². The maximum absolute atomic E-state index is 4.37. The lowest BCUT2D eigenvalue weighted by Gasteiger charge is -2.09. The monoisotopic (exact) mass is 283 g/mol. The molecule has 0 unspecified atom stereocenters. The second-order valence-electron chi connectivity index (χ2n) is 4.64. The van der Waals surface area contributed by atoms with E-state index in [1.165, 1.54) is 6.33 Å². The van der Waals surface area contributed by atoms with Crippen LogP contribution in [0.2, 0.25) is 0 Å². The van der Waals surface area contributed by atoms with E-state index in [1.807, 2.05) is 24.5 Å². The lowest BCUT2D eigenvalue weighted by atomic mass is 10.4. The van der Waals surface area contributed by atoms with Crippen molar-refractivity contribution < 1.29 is 0 Å². The van der Waals surface area contributed by atoms with Crippen molar-refractivity contribution in [1.29, 1.82) is 0 Å². The summed E-state index contributed by atoms with van der Waals surface area (Å²) in [5, 5.41) is 7.37. The zero-order chi connectivity index (χ0) is 14.5. The number of imidazole rings is 1. The Balaban J connectivity index is 1.64. The fourth-order valence-corrected chi connectivity index (χ4v) is 2.09. The van der Waals surface area contributed by atoms with E-state index in [0.29, 0.717) is 6.54 Å². The number of hydrogen-bond acceptors (Lipinski definition) is 5. The number of anilines is 1. The number of aromatic nitrogens is 6. The molecule has 0 aliphatic rings. The van der Waals surface area contributed by atoms with Gasteiger partial charge < -0.3 is 9.88 Å². The Bertz CT molecular complexity index is 670. The van der Waals surface area contributed by atoms with Gasteiger partial charge in [-0.2, -0.15) is 5.10 Å². The van der Waals surface area contributed by atoms with Gasteiger partial charge in [-0.05, 0) is 18.6 Å². The topological polar surface area (TPSA) is 73.5 Å². The van der Waals surface area contributed by atoms with Crippen LogP contribution in [-0.2, 0) is 13.1 Å². The number of nitrogens with zero attached hydrogens (tertiary/aromatic N) is 6. The van der Waals surface area contributed by atoms with Crippen LogP contribution in [0.25, 0.3) is 5.82 Å². The van der Waals surface area contributed by atoms with Crippen LogP contribution in [0.4, 0.5) is 5.69 Å². The van der Waals surface area contributed by atoms with E-state index in [1.54, 1.807) is 17.2 Å². The highest BCUT2D eigenvalue weighted by atomic mass is 15.3. The number of hydrogen-bond donors (Lipinski definition) is 1. The van der Waals surface area contributed by atoms with Gasteiger partial charge in [0.05, 0.1) is 18.4 Å². The average Bonchev–Trinajstić information content (AvgIpc) is 3.18. The van der Waals surface area contributed by atoms with E-state index in [0.717, 1.165) is 30.3 Å². The van der Waals surface area contributed by atoms with Crippen molar-refractivity contribution in [3.05, 3.63) is 49.2 Å². The molecule has 0 aromatic carbocycles. The largest absolute Gasteiger partial charge is 0.377 e. The minimum atomic E-state index is 0.678. The van der Waals surface area contributed by atoms with Crippen LogP contribution in [0.1, 0.15) is 19.2 Å². The zero-order valence-corrected chi connectivity index (χ0v) is 11.8. The van der Waals surface area contributed by atoms with Crippen molar-refractivity contribution in [2.24, 2.45) is 0 Å². The van der Waals surface area contributed by atoms with Crippen LogP contribution in [-0.4, -0.2) is 29.3 Å². The van der Waals surface area contributed by atoms with Crippen molar-refractivity contribution >= 4 is 5.69 Å².